The highest BCUT2D eigenvalue weighted by Crippen LogP contribution is 2.23. The zero-order valence-electron chi connectivity index (χ0n) is 15.4. The number of hydrogen-bond acceptors (Lipinski definition) is 6. The summed E-state index contributed by atoms with van der Waals surface area (Å²) in [5.74, 6) is 1.40. The lowest BCUT2D eigenvalue weighted by Crippen LogP contribution is -2.27. The van der Waals surface area contributed by atoms with Crippen molar-refractivity contribution in [1.29, 1.82) is 0 Å². The first-order valence-electron chi connectivity index (χ1n) is 9.00. The van der Waals surface area contributed by atoms with Crippen LogP contribution in [0.15, 0.2) is 30.9 Å². The lowest BCUT2D eigenvalue weighted by atomic mass is 9.98. The maximum Gasteiger partial charge on any atom is 0.258 e. The molecule has 9 nitrogen and oxygen atoms in total. The van der Waals surface area contributed by atoms with Gasteiger partial charge in [0.1, 0.15) is 12.7 Å². The molecule has 1 fully saturated rings. The summed E-state index contributed by atoms with van der Waals surface area (Å²) in [6.07, 6.45) is 5.13. The van der Waals surface area contributed by atoms with E-state index < -0.39 is 0 Å². The molecule has 3 aromatic rings. The summed E-state index contributed by atoms with van der Waals surface area (Å²) in [5, 5.41) is 14.8. The first-order valence-corrected chi connectivity index (χ1v) is 9.00. The normalized spacial score (nSPS) is 15.0. The van der Waals surface area contributed by atoms with E-state index in [0.29, 0.717) is 17.4 Å². The fourth-order valence-electron chi connectivity index (χ4n) is 3.32. The van der Waals surface area contributed by atoms with Crippen molar-refractivity contribution in [3.8, 4) is 5.69 Å². The van der Waals surface area contributed by atoms with Gasteiger partial charge in [-0.2, -0.15) is 15.2 Å². The third kappa shape index (κ3) is 3.59. The molecule has 9 heteroatoms. The summed E-state index contributed by atoms with van der Waals surface area (Å²) in [6.45, 7) is 3.84. The van der Waals surface area contributed by atoms with Gasteiger partial charge in [0.15, 0.2) is 5.82 Å². The average Bonchev–Trinajstić information content (AvgIpc) is 3.33. The summed E-state index contributed by atoms with van der Waals surface area (Å²) in [4.78, 5) is 21.2. The van der Waals surface area contributed by atoms with Crippen molar-refractivity contribution in [2.75, 3.05) is 18.4 Å². The van der Waals surface area contributed by atoms with Crippen LogP contribution in [-0.2, 0) is 7.05 Å². The molecule has 0 unspecified atom stereocenters. The highest BCUT2D eigenvalue weighted by molar-refractivity contribution is 6.04. The van der Waals surface area contributed by atoms with E-state index >= 15 is 0 Å². The summed E-state index contributed by atoms with van der Waals surface area (Å²) < 4.78 is 3.29. The predicted molar refractivity (Wildman–Crippen MR) is 99.9 cm³/mol. The van der Waals surface area contributed by atoms with Crippen LogP contribution in [0.1, 0.15) is 40.5 Å². The van der Waals surface area contributed by atoms with Gasteiger partial charge in [0.05, 0.1) is 5.69 Å². The molecule has 1 aliphatic rings. The summed E-state index contributed by atoms with van der Waals surface area (Å²) >= 11 is 0. The summed E-state index contributed by atoms with van der Waals surface area (Å²) in [5.41, 5.74) is 2.29. The van der Waals surface area contributed by atoms with Gasteiger partial charge in [0, 0.05) is 18.5 Å². The molecule has 0 spiro atoms. The molecule has 3 heterocycles. The molecule has 1 aromatic carbocycles. The molecule has 27 heavy (non-hydrogen) atoms. The summed E-state index contributed by atoms with van der Waals surface area (Å²) in [6, 6.07) is 5.53. The van der Waals surface area contributed by atoms with Crippen LogP contribution in [-0.4, -0.2) is 48.5 Å². The van der Waals surface area contributed by atoms with Crippen LogP contribution in [0, 0.1) is 6.92 Å². The first kappa shape index (κ1) is 17.3. The van der Waals surface area contributed by atoms with Crippen molar-refractivity contribution < 1.29 is 4.79 Å². The fraction of sp³-hybridized carbons (Fsp3) is 0.389. The smallest absolute Gasteiger partial charge is 0.258 e. The molecule has 1 saturated heterocycles. The predicted octanol–water partition coefficient (Wildman–Crippen LogP) is 1.42. The average molecular weight is 366 g/mol. The van der Waals surface area contributed by atoms with E-state index in [1.807, 2.05) is 19.1 Å². The van der Waals surface area contributed by atoms with Gasteiger partial charge in [-0.25, -0.2) is 14.3 Å². The van der Waals surface area contributed by atoms with Crippen LogP contribution in [0.3, 0.4) is 0 Å². The molecular weight excluding hydrogens is 344 g/mol. The van der Waals surface area contributed by atoms with Crippen LogP contribution in [0.25, 0.3) is 5.69 Å². The topological polar surface area (TPSA) is 103 Å². The number of piperidine rings is 1. The maximum absolute atomic E-state index is 12.7. The number of carbonyl (C=O) groups excluding carboxylic acids is 1. The second-order valence-electron chi connectivity index (χ2n) is 6.73. The Balaban J connectivity index is 1.51. The molecule has 4 rings (SSSR count). The van der Waals surface area contributed by atoms with Crippen molar-refractivity contribution in [3.63, 3.8) is 0 Å². The second-order valence-corrected chi connectivity index (χ2v) is 6.73. The third-order valence-corrected chi connectivity index (χ3v) is 4.85. The Hall–Kier alpha value is -3.07. The zero-order chi connectivity index (χ0) is 18.8. The number of benzene rings is 1. The van der Waals surface area contributed by atoms with Crippen LogP contribution < -0.4 is 10.6 Å². The van der Waals surface area contributed by atoms with Crippen molar-refractivity contribution in [2.45, 2.75) is 25.7 Å². The standard InChI is InChI=1S/C18H22N8O/c1-12-9-14(26-11-20-10-21-26)3-4-15(12)17(27)23-18-22-16(24-25(18)2)13-5-7-19-8-6-13/h3-4,9-11,13,19H,5-8H2,1-2H3,(H,22,23,24,27). The van der Waals surface area contributed by atoms with Crippen molar-refractivity contribution in [3.05, 3.63) is 47.8 Å². The number of aryl methyl sites for hydroxylation is 2. The lowest BCUT2D eigenvalue weighted by Gasteiger charge is -2.19. The lowest BCUT2D eigenvalue weighted by molar-refractivity contribution is 0.102. The van der Waals surface area contributed by atoms with Gasteiger partial charge in [0.2, 0.25) is 5.95 Å². The molecule has 1 amide bonds. The van der Waals surface area contributed by atoms with Gasteiger partial charge in [-0.05, 0) is 56.6 Å². The molecule has 0 atom stereocenters. The molecule has 0 aliphatic carbocycles. The molecule has 1 aliphatic heterocycles. The monoisotopic (exact) mass is 366 g/mol. The van der Waals surface area contributed by atoms with Crippen LogP contribution in [0.5, 0.6) is 0 Å². The Kier molecular flexibility index (Phi) is 4.68. The first-order chi connectivity index (χ1) is 13.1. The van der Waals surface area contributed by atoms with Crippen molar-refractivity contribution in [1.82, 2.24) is 34.8 Å². The number of aromatic nitrogens is 6. The van der Waals surface area contributed by atoms with E-state index in [-0.39, 0.29) is 5.91 Å². The van der Waals surface area contributed by atoms with Gasteiger partial charge in [-0.3, -0.25) is 10.1 Å². The SMILES string of the molecule is Cc1cc(-n2cncn2)ccc1C(=O)Nc1nc(C2CCNCC2)nn1C. The fourth-order valence-corrected chi connectivity index (χ4v) is 3.32. The summed E-state index contributed by atoms with van der Waals surface area (Å²) in [7, 11) is 1.80. The van der Waals surface area contributed by atoms with Crippen LogP contribution >= 0.6 is 0 Å². The van der Waals surface area contributed by atoms with Crippen LogP contribution in [0.2, 0.25) is 0 Å². The Morgan fingerprint density at radius 3 is 2.81 bits per heavy atom. The molecule has 0 radical (unpaired) electrons. The highest BCUT2D eigenvalue weighted by Gasteiger charge is 2.22. The number of nitrogens with zero attached hydrogens (tertiary/aromatic N) is 6. The minimum absolute atomic E-state index is 0.204. The second kappa shape index (κ2) is 7.28. The Bertz CT molecular complexity index is 940. The Morgan fingerprint density at radius 1 is 1.30 bits per heavy atom. The van der Waals surface area contributed by atoms with E-state index in [0.717, 1.165) is 43.0 Å². The minimum Gasteiger partial charge on any atom is -0.317 e. The maximum atomic E-state index is 12.7. The van der Waals surface area contributed by atoms with Gasteiger partial charge in [-0.1, -0.05) is 0 Å². The molecule has 140 valence electrons. The molecule has 2 N–H and O–H groups in total. The largest absolute Gasteiger partial charge is 0.317 e. The number of amides is 1. The zero-order valence-corrected chi connectivity index (χ0v) is 15.4. The van der Waals surface area contributed by atoms with Gasteiger partial charge < -0.3 is 5.32 Å². The number of anilines is 1. The number of carbonyl (C=O) groups is 1. The quantitative estimate of drug-likeness (QED) is 0.724. The number of nitrogens with one attached hydrogen (secondary N) is 2. The van der Waals surface area contributed by atoms with E-state index in [4.69, 9.17) is 0 Å². The van der Waals surface area contributed by atoms with Gasteiger partial charge in [-0.15, -0.1) is 0 Å². The molecular formula is C18H22N8O. The Morgan fingerprint density at radius 2 is 2.11 bits per heavy atom. The molecule has 2 aromatic heterocycles. The minimum atomic E-state index is -0.204. The van der Waals surface area contributed by atoms with E-state index in [2.05, 4.69) is 30.8 Å². The van der Waals surface area contributed by atoms with Crippen molar-refractivity contribution >= 4 is 11.9 Å². The van der Waals surface area contributed by atoms with Crippen molar-refractivity contribution in [2.24, 2.45) is 7.05 Å². The molecule has 0 saturated carbocycles. The Labute approximate surface area is 156 Å². The van der Waals surface area contributed by atoms with E-state index in [1.165, 1.54) is 6.33 Å². The van der Waals surface area contributed by atoms with E-state index in [9.17, 15) is 4.79 Å². The molecule has 0 bridgehead atoms. The number of hydrogen-bond donors (Lipinski definition) is 2. The number of rotatable bonds is 4. The van der Waals surface area contributed by atoms with E-state index in [1.54, 1.807) is 28.8 Å². The van der Waals surface area contributed by atoms with Gasteiger partial charge in [0.25, 0.3) is 5.91 Å². The highest BCUT2D eigenvalue weighted by atomic mass is 16.1. The third-order valence-electron chi connectivity index (χ3n) is 4.85. The van der Waals surface area contributed by atoms with Crippen LogP contribution in [0.4, 0.5) is 5.95 Å². The van der Waals surface area contributed by atoms with Gasteiger partial charge >= 0.3 is 0 Å².